The van der Waals surface area contributed by atoms with Gasteiger partial charge in [-0.1, -0.05) is 13.3 Å². The molecule has 0 heterocycles. The third kappa shape index (κ3) is 1.89. The molecule has 0 N–H and O–H groups in total. The van der Waals surface area contributed by atoms with Crippen LogP contribution in [-0.2, 0) is 0 Å². The molecule has 0 heteroatoms. The van der Waals surface area contributed by atoms with Crippen molar-refractivity contribution in [2.24, 2.45) is 0 Å². The van der Waals surface area contributed by atoms with Gasteiger partial charge in [-0.25, -0.2) is 0 Å². The van der Waals surface area contributed by atoms with Crippen LogP contribution in [0.4, 0.5) is 0 Å². The Hall–Kier alpha value is -0.650. The first-order valence-electron chi connectivity index (χ1n) is 4.47. The fourth-order valence-corrected chi connectivity index (χ4v) is 1.37. The summed E-state index contributed by atoms with van der Waals surface area (Å²) in [6.07, 6.45) is 8.37. The molecule has 0 aromatic heterocycles. The predicted octanol–water partition coefficient (Wildman–Crippen LogP) is 3.66. The van der Waals surface area contributed by atoms with Crippen molar-refractivity contribution in [3.63, 3.8) is 0 Å². The molecule has 0 radical (unpaired) electrons. The number of hydrogen-bond acceptors (Lipinski definition) is 0. The van der Waals surface area contributed by atoms with Crippen LogP contribution in [0.25, 0.3) is 0 Å². The molecular weight excluding hydrogens is 132 g/mol. The first kappa shape index (κ1) is 8.45. The predicted molar refractivity (Wildman–Crippen MR) is 50.3 cm³/mol. The van der Waals surface area contributed by atoms with Crippen LogP contribution in [0.1, 0.15) is 40.0 Å². The van der Waals surface area contributed by atoms with Crippen molar-refractivity contribution in [1.29, 1.82) is 0 Å². The largest absolute Gasteiger partial charge is 0.0963 e. The van der Waals surface area contributed by atoms with Gasteiger partial charge in [-0.15, -0.1) is 0 Å². The fraction of sp³-hybridized carbons (Fsp3) is 0.545. The van der Waals surface area contributed by atoms with Gasteiger partial charge in [0.15, 0.2) is 0 Å². The van der Waals surface area contributed by atoms with Crippen molar-refractivity contribution >= 4 is 0 Å². The van der Waals surface area contributed by atoms with Gasteiger partial charge in [0.25, 0.3) is 0 Å². The summed E-state index contributed by atoms with van der Waals surface area (Å²) in [6, 6.07) is 0. The molecule has 1 aliphatic carbocycles. The second-order valence-electron chi connectivity index (χ2n) is 3.27. The minimum absolute atomic E-state index is 1.26. The summed E-state index contributed by atoms with van der Waals surface area (Å²) >= 11 is 0. The van der Waals surface area contributed by atoms with E-state index in [1.54, 1.807) is 5.57 Å². The number of unbranched alkanes of at least 4 members (excludes halogenated alkanes) is 1. The molecule has 0 nitrogen and oxygen atoms in total. The Morgan fingerprint density at radius 3 is 2.64 bits per heavy atom. The fourth-order valence-electron chi connectivity index (χ4n) is 1.37. The van der Waals surface area contributed by atoms with Crippen molar-refractivity contribution in [1.82, 2.24) is 0 Å². The van der Waals surface area contributed by atoms with Crippen LogP contribution >= 0.6 is 0 Å². The van der Waals surface area contributed by atoms with Crippen LogP contribution in [0.3, 0.4) is 0 Å². The molecule has 11 heavy (non-hydrogen) atoms. The highest BCUT2D eigenvalue weighted by atomic mass is 14.2. The Labute approximate surface area is 70.0 Å². The third-order valence-corrected chi connectivity index (χ3v) is 2.41. The summed E-state index contributed by atoms with van der Waals surface area (Å²) < 4.78 is 0. The average molecular weight is 149 g/mol. The molecule has 1 aliphatic rings. The van der Waals surface area contributed by atoms with Crippen molar-refractivity contribution in [2.75, 3.05) is 0 Å². The maximum atomic E-state index is 2.26. The van der Waals surface area contributed by atoms with E-state index in [0.717, 1.165) is 0 Å². The van der Waals surface area contributed by atoms with Gasteiger partial charge in [-0.2, -0.15) is 0 Å². The van der Waals surface area contributed by atoms with E-state index in [2.05, 4.69) is 32.9 Å². The number of hydrogen-bond donors (Lipinski definition) is 0. The molecule has 0 unspecified atom stereocenters. The molecular formula is C11H17+. The number of allylic oxidation sites excluding steroid dienone is 4. The van der Waals surface area contributed by atoms with Gasteiger partial charge in [-0.3, -0.25) is 0 Å². The van der Waals surface area contributed by atoms with Crippen LogP contribution in [0.15, 0.2) is 23.3 Å². The van der Waals surface area contributed by atoms with E-state index in [1.807, 2.05) is 0 Å². The lowest BCUT2D eigenvalue weighted by Gasteiger charge is -1.95. The SMILES string of the molecule is CCCCC1=C(C)[C+](C)C=C1. The topological polar surface area (TPSA) is 0 Å². The van der Waals surface area contributed by atoms with Crippen LogP contribution in [-0.4, -0.2) is 0 Å². The zero-order chi connectivity index (χ0) is 8.27. The Morgan fingerprint density at radius 2 is 2.18 bits per heavy atom. The summed E-state index contributed by atoms with van der Waals surface area (Å²) in [7, 11) is 0. The molecule has 0 amide bonds. The molecule has 0 spiro atoms. The van der Waals surface area contributed by atoms with E-state index in [0.29, 0.717) is 0 Å². The van der Waals surface area contributed by atoms with Crippen molar-refractivity contribution in [2.45, 2.75) is 40.0 Å². The van der Waals surface area contributed by atoms with Crippen LogP contribution in [0, 0.1) is 5.92 Å². The van der Waals surface area contributed by atoms with Crippen LogP contribution in [0.5, 0.6) is 0 Å². The highest BCUT2D eigenvalue weighted by molar-refractivity contribution is 5.46. The smallest absolute Gasteiger partial charge is 0.0653 e. The quantitative estimate of drug-likeness (QED) is 0.537. The Balaban J connectivity index is 2.50. The van der Waals surface area contributed by atoms with E-state index in [1.165, 1.54) is 30.8 Å². The lowest BCUT2D eigenvalue weighted by Crippen LogP contribution is -1.86. The maximum absolute atomic E-state index is 2.26. The van der Waals surface area contributed by atoms with Gasteiger partial charge in [-0.05, 0) is 13.3 Å². The van der Waals surface area contributed by atoms with Gasteiger partial charge < -0.3 is 0 Å². The van der Waals surface area contributed by atoms with Crippen molar-refractivity contribution < 1.29 is 0 Å². The molecule has 0 saturated carbocycles. The van der Waals surface area contributed by atoms with E-state index in [9.17, 15) is 0 Å². The Morgan fingerprint density at radius 1 is 1.45 bits per heavy atom. The summed E-state index contributed by atoms with van der Waals surface area (Å²) in [6.45, 7) is 6.65. The monoisotopic (exact) mass is 149 g/mol. The van der Waals surface area contributed by atoms with Gasteiger partial charge in [0, 0.05) is 13.3 Å². The molecule has 0 aliphatic heterocycles. The van der Waals surface area contributed by atoms with Crippen LogP contribution in [0.2, 0.25) is 0 Å². The molecule has 60 valence electrons. The summed E-state index contributed by atoms with van der Waals surface area (Å²) in [5.74, 6) is 1.44. The summed E-state index contributed by atoms with van der Waals surface area (Å²) in [4.78, 5) is 0. The highest BCUT2D eigenvalue weighted by Gasteiger charge is 2.20. The minimum Gasteiger partial charge on any atom is -0.0653 e. The molecule has 0 fully saturated rings. The van der Waals surface area contributed by atoms with Crippen molar-refractivity contribution in [3.05, 3.63) is 29.2 Å². The molecule has 1 rings (SSSR count). The molecule has 0 atom stereocenters. The molecule has 0 saturated heterocycles. The lowest BCUT2D eigenvalue weighted by atomic mass is 10.0. The van der Waals surface area contributed by atoms with Crippen molar-refractivity contribution in [3.8, 4) is 0 Å². The minimum atomic E-state index is 1.26. The van der Waals surface area contributed by atoms with E-state index >= 15 is 0 Å². The van der Waals surface area contributed by atoms with E-state index in [4.69, 9.17) is 0 Å². The standard InChI is InChI=1S/C11H17/c1-4-5-6-11-8-7-9(2)10(11)3/h7-8H,4-6H2,1-3H3/q+1. The lowest BCUT2D eigenvalue weighted by molar-refractivity contribution is 0.794. The summed E-state index contributed by atoms with van der Waals surface area (Å²) in [5.41, 5.74) is 3.04. The zero-order valence-corrected chi connectivity index (χ0v) is 7.78. The molecule has 0 aromatic rings. The van der Waals surface area contributed by atoms with Crippen LogP contribution < -0.4 is 0 Å². The second-order valence-corrected chi connectivity index (χ2v) is 3.27. The normalized spacial score (nSPS) is 16.8. The highest BCUT2D eigenvalue weighted by Crippen LogP contribution is 2.28. The Kier molecular flexibility index (Phi) is 2.81. The van der Waals surface area contributed by atoms with E-state index < -0.39 is 0 Å². The van der Waals surface area contributed by atoms with Gasteiger partial charge >= 0.3 is 0 Å². The second kappa shape index (κ2) is 3.66. The molecule has 0 bridgehead atoms. The van der Waals surface area contributed by atoms with Gasteiger partial charge in [0.05, 0.1) is 29.2 Å². The first-order valence-corrected chi connectivity index (χ1v) is 4.47. The number of rotatable bonds is 3. The van der Waals surface area contributed by atoms with E-state index in [-0.39, 0.29) is 0 Å². The first-order chi connectivity index (χ1) is 5.25. The average Bonchev–Trinajstić information content (AvgIpc) is 2.31. The molecule has 0 aromatic carbocycles. The third-order valence-electron chi connectivity index (χ3n) is 2.41. The zero-order valence-electron chi connectivity index (χ0n) is 7.78. The summed E-state index contributed by atoms with van der Waals surface area (Å²) in [5, 5.41) is 0. The Bertz CT molecular complexity index is 184. The van der Waals surface area contributed by atoms with Gasteiger partial charge in [0.1, 0.15) is 0 Å². The van der Waals surface area contributed by atoms with Gasteiger partial charge in [0.2, 0.25) is 0 Å². The maximum Gasteiger partial charge on any atom is 0.0963 e.